The minimum absolute atomic E-state index is 0.0261. The molecule has 4 aliphatic rings. The summed E-state index contributed by atoms with van der Waals surface area (Å²) in [7, 11) is 0. The highest BCUT2D eigenvalue weighted by Crippen LogP contribution is 2.46. The van der Waals surface area contributed by atoms with Crippen LogP contribution in [0.25, 0.3) is 0 Å². The maximum atomic E-state index is 6.71. The summed E-state index contributed by atoms with van der Waals surface area (Å²) in [4.78, 5) is 39.8. The number of halogens is 2. The normalized spacial score (nSPS) is 22.0. The second-order valence-electron chi connectivity index (χ2n) is 22.7. The van der Waals surface area contributed by atoms with Gasteiger partial charge in [-0.2, -0.15) is 40.0 Å². The molecular weight excluding hydrogens is 872 g/mol. The van der Waals surface area contributed by atoms with Crippen LogP contribution in [-0.4, -0.2) is 101 Å². The van der Waals surface area contributed by atoms with Crippen LogP contribution in [0.15, 0.2) is 0 Å². The van der Waals surface area contributed by atoms with Gasteiger partial charge in [0, 0.05) is 48.3 Å². The molecule has 0 radical (unpaired) electrons. The number of anilines is 4. The molecule has 2 aromatic heterocycles. The van der Waals surface area contributed by atoms with Crippen molar-refractivity contribution in [1.82, 2.24) is 40.0 Å². The lowest BCUT2D eigenvalue weighted by atomic mass is 9.73. The molecule has 4 fully saturated rings. The monoisotopic (exact) mass is 959 g/mol. The minimum atomic E-state index is 0.0261. The molecule has 66 heavy (non-hydrogen) atoms. The summed E-state index contributed by atoms with van der Waals surface area (Å²) in [5.41, 5.74) is 0.104. The van der Waals surface area contributed by atoms with Crippen LogP contribution in [0, 0.1) is 11.8 Å². The van der Waals surface area contributed by atoms with Gasteiger partial charge in [-0.3, -0.25) is 9.68 Å². The van der Waals surface area contributed by atoms with Crippen LogP contribution in [0.4, 0.5) is 23.8 Å². The van der Waals surface area contributed by atoms with Crippen molar-refractivity contribution in [3.05, 3.63) is 10.6 Å². The predicted molar refractivity (Wildman–Crippen MR) is 271 cm³/mol. The summed E-state index contributed by atoms with van der Waals surface area (Å²) in [6.45, 7) is 22.0. The van der Waals surface area contributed by atoms with Gasteiger partial charge in [-0.15, -0.1) is 0 Å². The molecule has 0 spiro atoms. The molecule has 2 aliphatic heterocycles. The van der Waals surface area contributed by atoms with Gasteiger partial charge in [-0.1, -0.05) is 77.0 Å². The van der Waals surface area contributed by atoms with Crippen molar-refractivity contribution in [1.29, 1.82) is 0 Å². The highest BCUT2D eigenvalue weighted by Gasteiger charge is 2.48. The third-order valence-electron chi connectivity index (χ3n) is 14.5. The number of hydrogen-bond donors (Lipinski definition) is 4. The van der Waals surface area contributed by atoms with Crippen LogP contribution < -0.4 is 21.3 Å². The summed E-state index contributed by atoms with van der Waals surface area (Å²) in [5.74, 6) is 3.42. The van der Waals surface area contributed by atoms with Crippen molar-refractivity contribution in [2.45, 2.75) is 244 Å². The Bertz CT molecular complexity index is 1590. The molecule has 6 rings (SSSR count). The fourth-order valence-electron chi connectivity index (χ4n) is 12.1. The Labute approximate surface area is 408 Å². The first-order valence-electron chi connectivity index (χ1n) is 26.2. The van der Waals surface area contributed by atoms with Crippen molar-refractivity contribution in [3.63, 3.8) is 0 Å². The van der Waals surface area contributed by atoms with Crippen molar-refractivity contribution in [3.8, 4) is 0 Å². The molecule has 0 amide bonds. The van der Waals surface area contributed by atoms with Crippen LogP contribution in [0.3, 0.4) is 0 Å². The van der Waals surface area contributed by atoms with E-state index >= 15 is 0 Å². The number of rotatable bonds is 25. The number of nitrogens with zero attached hydrogens (tertiary/aromatic N) is 8. The van der Waals surface area contributed by atoms with Gasteiger partial charge in [0.2, 0.25) is 34.4 Å². The van der Waals surface area contributed by atoms with Crippen LogP contribution in [0.5, 0.6) is 0 Å². The zero-order valence-corrected chi connectivity index (χ0v) is 43.8. The average Bonchev–Trinajstić information content (AvgIpc) is 3.24. The predicted octanol–water partition coefficient (Wildman–Crippen LogP) is 12.7. The standard InChI is InChI=1S/C50H88Cl2N12O2/c1-47(2)33-37(34-48(3,4)63(47)65-39-25-13-11-14-26-39)23-17-21-31-55-45-59-41(51)57-43(61-45)53-29-19-9-10-20-30-54-44-58-42(52)60-46(62-44)56-32-22-18-24-38-35-49(5,6)64(50(7,8)36-38)66-40-27-15-12-16-28-40/h37-40H,9-36H2,1-8H3,(H2,53,55,57,59,61)(H2,54,56,58,60,62). The summed E-state index contributed by atoms with van der Waals surface area (Å²) >= 11 is 12.6. The lowest BCUT2D eigenvalue weighted by molar-refractivity contribution is -0.314. The first-order chi connectivity index (χ1) is 31.5. The highest BCUT2D eigenvalue weighted by molar-refractivity contribution is 6.28. The summed E-state index contributed by atoms with van der Waals surface area (Å²) in [6.07, 6.45) is 29.0. The molecule has 0 unspecified atom stereocenters. The van der Waals surface area contributed by atoms with E-state index in [9.17, 15) is 0 Å². The van der Waals surface area contributed by atoms with E-state index in [0.717, 1.165) is 103 Å². The SMILES string of the molecule is CC1(C)CC(CCCCNc2nc(Cl)nc(NCCCCCCNc3nc(Cl)nc(NCCCCC4CC(C)(C)N(OC5CCCCC5)C(C)(C)C4)n3)n2)CC(C)(C)N1OC1CCCCC1. The molecule has 4 heterocycles. The van der Waals surface area contributed by atoms with Gasteiger partial charge in [0.1, 0.15) is 0 Å². The maximum absolute atomic E-state index is 6.71. The summed E-state index contributed by atoms with van der Waals surface area (Å²) in [5, 5.41) is 18.6. The third kappa shape index (κ3) is 16.7. The fraction of sp³-hybridized carbons (Fsp3) is 0.880. The van der Waals surface area contributed by atoms with Crippen molar-refractivity contribution < 1.29 is 9.68 Å². The van der Waals surface area contributed by atoms with Crippen molar-refractivity contribution in [2.75, 3.05) is 47.4 Å². The molecule has 2 aliphatic carbocycles. The number of unbranched alkanes of at least 4 members (excludes halogenated alkanes) is 5. The quantitative estimate of drug-likeness (QED) is 0.0699. The number of piperidine rings is 2. The van der Waals surface area contributed by atoms with Gasteiger partial charge >= 0.3 is 0 Å². The molecule has 2 saturated carbocycles. The number of hydrogen-bond acceptors (Lipinski definition) is 14. The van der Waals surface area contributed by atoms with Crippen molar-refractivity contribution >= 4 is 47.0 Å². The second-order valence-corrected chi connectivity index (χ2v) is 23.4. The molecule has 4 N–H and O–H groups in total. The fourth-order valence-corrected chi connectivity index (χ4v) is 12.4. The van der Waals surface area contributed by atoms with Crippen LogP contribution in [-0.2, 0) is 9.68 Å². The first kappa shape index (κ1) is 53.0. The topological polar surface area (TPSA) is 150 Å². The van der Waals surface area contributed by atoms with E-state index in [4.69, 9.17) is 32.9 Å². The van der Waals surface area contributed by atoms with Gasteiger partial charge in [0.05, 0.1) is 12.2 Å². The van der Waals surface area contributed by atoms with Gasteiger partial charge in [0.25, 0.3) is 0 Å². The Morgan fingerprint density at radius 2 is 0.712 bits per heavy atom. The minimum Gasteiger partial charge on any atom is -0.354 e. The van der Waals surface area contributed by atoms with Crippen LogP contribution in [0.1, 0.15) is 209 Å². The lowest BCUT2D eigenvalue weighted by Crippen LogP contribution is -2.61. The molecule has 14 nitrogen and oxygen atoms in total. The maximum Gasteiger partial charge on any atom is 0.228 e. The van der Waals surface area contributed by atoms with E-state index in [2.05, 4.69) is 117 Å². The smallest absolute Gasteiger partial charge is 0.228 e. The Kier molecular flexibility index (Phi) is 20.0. The van der Waals surface area contributed by atoms with E-state index in [1.165, 1.54) is 77.0 Å². The molecule has 0 bridgehead atoms. The molecular formula is C50H88Cl2N12O2. The van der Waals surface area contributed by atoms with Crippen LogP contribution >= 0.6 is 23.2 Å². The van der Waals surface area contributed by atoms with Gasteiger partial charge in [-0.05, 0) is 167 Å². The molecule has 0 aromatic carbocycles. The first-order valence-corrected chi connectivity index (χ1v) is 27.0. The van der Waals surface area contributed by atoms with E-state index in [-0.39, 0.29) is 32.7 Å². The van der Waals surface area contributed by atoms with Gasteiger partial charge < -0.3 is 21.3 Å². The van der Waals surface area contributed by atoms with E-state index in [1.807, 2.05) is 0 Å². The Morgan fingerprint density at radius 3 is 1.02 bits per heavy atom. The molecule has 0 atom stereocenters. The Hall–Kier alpha value is -2.36. The number of aromatic nitrogens is 6. The second kappa shape index (κ2) is 25.0. The van der Waals surface area contributed by atoms with Gasteiger partial charge in [0.15, 0.2) is 0 Å². The van der Waals surface area contributed by atoms with Crippen LogP contribution in [0.2, 0.25) is 10.6 Å². The van der Waals surface area contributed by atoms with E-state index in [0.29, 0.717) is 47.8 Å². The largest absolute Gasteiger partial charge is 0.354 e. The molecule has 2 saturated heterocycles. The van der Waals surface area contributed by atoms with Crippen molar-refractivity contribution in [2.24, 2.45) is 11.8 Å². The zero-order chi connectivity index (χ0) is 47.2. The Morgan fingerprint density at radius 1 is 0.424 bits per heavy atom. The average molecular weight is 960 g/mol. The van der Waals surface area contributed by atoms with E-state index < -0.39 is 0 Å². The summed E-state index contributed by atoms with van der Waals surface area (Å²) < 4.78 is 0. The molecule has 2 aromatic rings. The summed E-state index contributed by atoms with van der Waals surface area (Å²) in [6, 6.07) is 0. The number of nitrogens with one attached hydrogen (secondary N) is 4. The zero-order valence-electron chi connectivity index (χ0n) is 42.3. The highest BCUT2D eigenvalue weighted by atomic mass is 35.5. The molecule has 16 heteroatoms. The molecule has 374 valence electrons. The number of hydroxylamine groups is 4. The van der Waals surface area contributed by atoms with Gasteiger partial charge in [-0.25, -0.2) is 0 Å². The Balaban J connectivity index is 0.798. The lowest BCUT2D eigenvalue weighted by Gasteiger charge is -2.55. The third-order valence-corrected chi connectivity index (χ3v) is 14.8. The van der Waals surface area contributed by atoms with E-state index in [1.54, 1.807) is 0 Å².